The van der Waals surface area contributed by atoms with Gasteiger partial charge in [-0.1, -0.05) is 42.1 Å². The summed E-state index contributed by atoms with van der Waals surface area (Å²) in [7, 11) is 0. The molecule has 33 heavy (non-hydrogen) atoms. The second kappa shape index (κ2) is 9.67. The lowest BCUT2D eigenvalue weighted by Crippen LogP contribution is -2.30. The number of halogens is 2. The molecule has 3 aromatic rings. The Morgan fingerprint density at radius 3 is 2.18 bits per heavy atom. The fourth-order valence-corrected chi connectivity index (χ4v) is 4.67. The minimum absolute atomic E-state index is 0.209. The molecule has 0 unspecified atom stereocenters. The topological polar surface area (TPSA) is 73.2 Å². The summed E-state index contributed by atoms with van der Waals surface area (Å²) in [6, 6.07) is 21.6. The van der Waals surface area contributed by atoms with Crippen molar-refractivity contribution < 1.29 is 18.4 Å². The molecule has 1 saturated heterocycles. The number of nitrogens with zero attached hydrogens (tertiary/aromatic N) is 2. The highest BCUT2D eigenvalue weighted by Gasteiger charge is 2.40. The van der Waals surface area contributed by atoms with E-state index in [2.05, 4.69) is 5.32 Å². The normalized spacial score (nSPS) is 16.9. The lowest BCUT2D eigenvalue weighted by molar-refractivity contribution is -0.117. The number of nitriles is 1. The average Bonchev–Trinajstić information content (AvgIpc) is 3.13. The fraction of sp³-hybridized carbons (Fsp3) is 0.0800. The third-order valence-corrected chi connectivity index (χ3v) is 6.22. The summed E-state index contributed by atoms with van der Waals surface area (Å²) in [5, 5.41) is 12.0. The number of benzene rings is 3. The Morgan fingerprint density at radius 2 is 1.58 bits per heavy atom. The van der Waals surface area contributed by atoms with E-state index in [1.165, 1.54) is 41.3 Å². The van der Waals surface area contributed by atoms with Crippen molar-refractivity contribution in [2.24, 2.45) is 0 Å². The molecular formula is C25H17F2N3O2S. The minimum atomic E-state index is -0.706. The molecule has 0 radical (unpaired) electrons. The Bertz CT molecular complexity index is 1250. The van der Waals surface area contributed by atoms with Gasteiger partial charge in [0.2, 0.25) is 5.91 Å². The number of carbonyl (C=O) groups excluding carboxylic acids is 2. The first kappa shape index (κ1) is 22.2. The van der Waals surface area contributed by atoms with Gasteiger partial charge in [0.25, 0.3) is 5.91 Å². The number of hydrogen-bond donors (Lipinski definition) is 1. The van der Waals surface area contributed by atoms with Gasteiger partial charge in [-0.2, -0.15) is 5.26 Å². The summed E-state index contributed by atoms with van der Waals surface area (Å²) in [5.41, 5.74) is 1.36. The Balaban J connectivity index is 1.70. The molecule has 0 spiro atoms. The molecule has 0 bridgehead atoms. The Hall–Kier alpha value is -3.96. The van der Waals surface area contributed by atoms with E-state index in [-0.39, 0.29) is 22.3 Å². The van der Waals surface area contributed by atoms with Crippen LogP contribution < -0.4 is 10.2 Å². The molecular weight excluding hydrogens is 444 g/mol. The maximum Gasteiger partial charge on any atom is 0.269 e. The van der Waals surface area contributed by atoms with Crippen LogP contribution in [-0.4, -0.2) is 17.1 Å². The van der Waals surface area contributed by atoms with Crippen LogP contribution >= 0.6 is 11.8 Å². The standard InChI is InChI=1S/C25H17F2N3O2S/c26-17-8-6-16(7-9-17)14-22-24(32)30(20-4-2-1-3-5-20)25(33-22)21(15-28)23(31)29-19-12-10-18(27)11-13-19/h1-13,22H,14H2,(H,29,31)/b25-21+/t22-/m1/s1. The zero-order valence-corrected chi connectivity index (χ0v) is 18.0. The number of hydrogen-bond acceptors (Lipinski definition) is 4. The first-order valence-corrected chi connectivity index (χ1v) is 10.9. The van der Waals surface area contributed by atoms with Crippen molar-refractivity contribution >= 4 is 35.0 Å². The maximum absolute atomic E-state index is 13.3. The molecule has 164 valence electrons. The summed E-state index contributed by atoms with van der Waals surface area (Å²) in [6.07, 6.45) is 0.300. The molecule has 1 N–H and O–H groups in total. The smallest absolute Gasteiger partial charge is 0.269 e. The van der Waals surface area contributed by atoms with E-state index in [0.717, 1.165) is 17.3 Å². The van der Waals surface area contributed by atoms with E-state index in [1.807, 2.05) is 6.07 Å². The van der Waals surface area contributed by atoms with Crippen molar-refractivity contribution in [2.75, 3.05) is 10.2 Å². The number of carbonyl (C=O) groups is 2. The van der Waals surface area contributed by atoms with Crippen LogP contribution in [0.25, 0.3) is 0 Å². The van der Waals surface area contributed by atoms with Crippen molar-refractivity contribution in [1.82, 2.24) is 0 Å². The van der Waals surface area contributed by atoms with Crippen LogP contribution in [0.4, 0.5) is 20.2 Å². The van der Waals surface area contributed by atoms with E-state index < -0.39 is 17.0 Å². The number of para-hydroxylation sites is 1. The van der Waals surface area contributed by atoms with Crippen molar-refractivity contribution in [2.45, 2.75) is 11.7 Å². The largest absolute Gasteiger partial charge is 0.321 e. The molecule has 0 aromatic heterocycles. The Labute approximate surface area is 193 Å². The predicted octanol–water partition coefficient (Wildman–Crippen LogP) is 5.03. The molecule has 3 aromatic carbocycles. The first-order chi connectivity index (χ1) is 16.0. The van der Waals surface area contributed by atoms with Crippen LogP contribution in [0.1, 0.15) is 5.56 Å². The zero-order chi connectivity index (χ0) is 23.4. The summed E-state index contributed by atoms with van der Waals surface area (Å²) in [4.78, 5) is 27.6. The van der Waals surface area contributed by atoms with E-state index >= 15 is 0 Å². The van der Waals surface area contributed by atoms with E-state index in [9.17, 15) is 23.6 Å². The molecule has 2 amide bonds. The minimum Gasteiger partial charge on any atom is -0.321 e. The van der Waals surface area contributed by atoms with Gasteiger partial charge in [0.05, 0.1) is 5.25 Å². The third-order valence-electron chi connectivity index (χ3n) is 4.96. The van der Waals surface area contributed by atoms with Gasteiger partial charge >= 0.3 is 0 Å². The summed E-state index contributed by atoms with van der Waals surface area (Å²) in [6.45, 7) is 0. The first-order valence-electron chi connectivity index (χ1n) is 9.97. The van der Waals surface area contributed by atoms with Crippen molar-refractivity contribution in [1.29, 1.82) is 5.26 Å². The van der Waals surface area contributed by atoms with Crippen molar-refractivity contribution in [3.63, 3.8) is 0 Å². The lowest BCUT2D eigenvalue weighted by Gasteiger charge is -2.18. The van der Waals surface area contributed by atoms with Gasteiger partial charge in [0.1, 0.15) is 28.3 Å². The molecule has 1 aliphatic rings. The van der Waals surface area contributed by atoms with Gasteiger partial charge < -0.3 is 5.32 Å². The van der Waals surface area contributed by atoms with Crippen LogP contribution in [0.2, 0.25) is 0 Å². The van der Waals surface area contributed by atoms with Gasteiger partial charge in [-0.15, -0.1) is 0 Å². The van der Waals surface area contributed by atoms with Crippen LogP contribution in [0.15, 0.2) is 89.5 Å². The number of amides is 2. The van der Waals surface area contributed by atoms with Crippen LogP contribution in [0, 0.1) is 23.0 Å². The highest BCUT2D eigenvalue weighted by atomic mass is 32.2. The SMILES string of the molecule is N#C/C(C(=O)Nc1ccc(F)cc1)=C1\S[C@H](Cc2ccc(F)cc2)C(=O)N1c1ccccc1. The molecule has 1 heterocycles. The van der Waals surface area contributed by atoms with Crippen LogP contribution in [0.3, 0.4) is 0 Å². The van der Waals surface area contributed by atoms with E-state index in [0.29, 0.717) is 17.8 Å². The molecule has 8 heteroatoms. The van der Waals surface area contributed by atoms with Gasteiger partial charge in [0.15, 0.2) is 0 Å². The van der Waals surface area contributed by atoms with Crippen molar-refractivity contribution in [3.05, 3.63) is 107 Å². The number of nitrogens with one attached hydrogen (secondary N) is 1. The summed E-state index contributed by atoms with van der Waals surface area (Å²) < 4.78 is 26.5. The number of anilines is 2. The molecule has 1 atom stereocenters. The second-order valence-corrected chi connectivity index (χ2v) is 8.39. The highest BCUT2D eigenvalue weighted by Crippen LogP contribution is 2.42. The second-order valence-electron chi connectivity index (χ2n) is 7.20. The van der Waals surface area contributed by atoms with Crippen LogP contribution in [0.5, 0.6) is 0 Å². The molecule has 0 saturated carbocycles. The quantitative estimate of drug-likeness (QED) is 0.427. The van der Waals surface area contributed by atoms with Gasteiger partial charge in [-0.3, -0.25) is 14.5 Å². The third kappa shape index (κ3) is 4.94. The van der Waals surface area contributed by atoms with E-state index in [1.54, 1.807) is 42.5 Å². The van der Waals surface area contributed by atoms with Gasteiger partial charge in [0, 0.05) is 11.4 Å². The molecule has 4 rings (SSSR count). The number of thioether (sulfide) groups is 1. The van der Waals surface area contributed by atoms with Crippen molar-refractivity contribution in [3.8, 4) is 6.07 Å². The molecule has 1 aliphatic heterocycles. The number of rotatable bonds is 5. The average molecular weight is 461 g/mol. The molecule has 5 nitrogen and oxygen atoms in total. The Kier molecular flexibility index (Phi) is 6.52. The van der Waals surface area contributed by atoms with E-state index in [4.69, 9.17) is 0 Å². The summed E-state index contributed by atoms with van der Waals surface area (Å²) >= 11 is 1.11. The predicted molar refractivity (Wildman–Crippen MR) is 123 cm³/mol. The van der Waals surface area contributed by atoms with Gasteiger partial charge in [-0.25, -0.2) is 8.78 Å². The zero-order valence-electron chi connectivity index (χ0n) is 17.2. The van der Waals surface area contributed by atoms with Gasteiger partial charge in [-0.05, 0) is 60.5 Å². The monoisotopic (exact) mass is 461 g/mol. The lowest BCUT2D eigenvalue weighted by atomic mass is 10.1. The fourth-order valence-electron chi connectivity index (χ4n) is 3.36. The highest BCUT2D eigenvalue weighted by molar-refractivity contribution is 8.05. The molecule has 1 fully saturated rings. The van der Waals surface area contributed by atoms with Crippen LogP contribution in [-0.2, 0) is 16.0 Å². The Morgan fingerprint density at radius 1 is 0.970 bits per heavy atom. The molecule has 0 aliphatic carbocycles. The summed E-state index contributed by atoms with van der Waals surface area (Å²) in [5.74, 6) is -1.82. The maximum atomic E-state index is 13.3.